The van der Waals surface area contributed by atoms with Crippen LogP contribution < -0.4 is 5.73 Å². The number of benzene rings is 1. The van der Waals surface area contributed by atoms with E-state index in [0.29, 0.717) is 12.8 Å². The lowest BCUT2D eigenvalue weighted by molar-refractivity contribution is -0.191. The molecule has 2 nitrogen and oxygen atoms in total. The van der Waals surface area contributed by atoms with E-state index in [0.717, 1.165) is 13.0 Å². The molecule has 2 atom stereocenters. The second-order valence-electron chi connectivity index (χ2n) is 5.49. The summed E-state index contributed by atoms with van der Waals surface area (Å²) >= 11 is 0. The Hall–Kier alpha value is -1.07. The maximum Gasteiger partial charge on any atom is 0.304 e. The Morgan fingerprint density at radius 1 is 1.37 bits per heavy atom. The predicted octanol–water partition coefficient (Wildman–Crippen LogP) is 3.10. The minimum absolute atomic E-state index is 0.0313. The molecule has 0 heterocycles. The van der Waals surface area contributed by atoms with Crippen molar-refractivity contribution in [2.75, 3.05) is 0 Å². The Kier molecular flexibility index (Phi) is 3.39. The summed E-state index contributed by atoms with van der Waals surface area (Å²) in [5.41, 5.74) is 2.58. The van der Waals surface area contributed by atoms with Crippen LogP contribution in [0.25, 0.3) is 0 Å². The molecule has 0 saturated heterocycles. The molecule has 106 valence electrons. The quantitative estimate of drug-likeness (QED) is 0.885. The van der Waals surface area contributed by atoms with Crippen molar-refractivity contribution in [3.63, 3.8) is 0 Å². The standard InChI is InChI=1S/C14H18F3NO/c1-8(18)10-4-3-5-11(12(10)15)14(16,17)13(2,19)9-6-7-9/h3-5,8-9,19H,6-7,18H2,1-2H3/t8-,13-/m1/s1. The summed E-state index contributed by atoms with van der Waals surface area (Å²) in [5.74, 6) is -5.15. The zero-order chi connectivity index (χ0) is 14.4. The van der Waals surface area contributed by atoms with E-state index in [4.69, 9.17) is 5.73 Å². The van der Waals surface area contributed by atoms with Crippen molar-refractivity contribution < 1.29 is 18.3 Å². The Labute approximate surface area is 110 Å². The van der Waals surface area contributed by atoms with E-state index in [1.165, 1.54) is 19.1 Å². The first-order chi connectivity index (χ1) is 8.69. The van der Waals surface area contributed by atoms with Gasteiger partial charge in [0.15, 0.2) is 0 Å². The van der Waals surface area contributed by atoms with Gasteiger partial charge in [-0.3, -0.25) is 0 Å². The van der Waals surface area contributed by atoms with Crippen molar-refractivity contribution in [2.45, 2.75) is 44.3 Å². The average Bonchev–Trinajstić information content (AvgIpc) is 3.12. The average molecular weight is 273 g/mol. The van der Waals surface area contributed by atoms with Gasteiger partial charge in [0.05, 0.1) is 5.56 Å². The Bertz CT molecular complexity index is 482. The maximum absolute atomic E-state index is 14.4. The summed E-state index contributed by atoms with van der Waals surface area (Å²) in [6.07, 6.45) is 1.08. The van der Waals surface area contributed by atoms with E-state index < -0.39 is 34.9 Å². The van der Waals surface area contributed by atoms with Gasteiger partial charge in [-0.25, -0.2) is 4.39 Å². The van der Waals surface area contributed by atoms with Gasteiger partial charge in [0.25, 0.3) is 0 Å². The molecular formula is C14H18F3NO. The number of hydrogen-bond acceptors (Lipinski definition) is 2. The molecule has 1 aromatic rings. The van der Waals surface area contributed by atoms with Gasteiger partial charge in [0.1, 0.15) is 11.4 Å². The predicted molar refractivity (Wildman–Crippen MR) is 66.2 cm³/mol. The zero-order valence-corrected chi connectivity index (χ0v) is 11.0. The smallest absolute Gasteiger partial charge is 0.304 e. The number of halogens is 3. The maximum atomic E-state index is 14.4. The fourth-order valence-electron chi connectivity index (χ4n) is 2.32. The first-order valence-electron chi connectivity index (χ1n) is 6.34. The SMILES string of the molecule is C[C@@H](N)c1cccc(C(F)(F)[C@](C)(O)C2CC2)c1F. The Balaban J connectivity index is 2.48. The number of hydrogen-bond donors (Lipinski definition) is 2. The molecule has 1 aliphatic carbocycles. The summed E-state index contributed by atoms with van der Waals surface area (Å²) in [4.78, 5) is 0. The molecule has 0 bridgehead atoms. The third-order valence-corrected chi connectivity index (χ3v) is 3.87. The highest BCUT2D eigenvalue weighted by molar-refractivity contribution is 5.33. The highest BCUT2D eigenvalue weighted by Crippen LogP contribution is 2.52. The van der Waals surface area contributed by atoms with Crippen molar-refractivity contribution >= 4 is 0 Å². The van der Waals surface area contributed by atoms with Gasteiger partial charge >= 0.3 is 5.92 Å². The number of aliphatic hydroxyl groups is 1. The van der Waals surface area contributed by atoms with Crippen LogP contribution in [0.4, 0.5) is 13.2 Å². The molecule has 1 fully saturated rings. The molecule has 1 saturated carbocycles. The molecule has 5 heteroatoms. The van der Waals surface area contributed by atoms with E-state index in [-0.39, 0.29) is 5.56 Å². The number of nitrogens with two attached hydrogens (primary N) is 1. The number of alkyl halides is 2. The summed E-state index contributed by atoms with van der Waals surface area (Å²) in [5, 5.41) is 10.0. The first kappa shape index (κ1) is 14.3. The molecular weight excluding hydrogens is 255 g/mol. The van der Waals surface area contributed by atoms with Gasteiger partial charge < -0.3 is 10.8 Å². The van der Waals surface area contributed by atoms with Crippen molar-refractivity contribution in [1.82, 2.24) is 0 Å². The lowest BCUT2D eigenvalue weighted by atomic mass is 9.86. The highest BCUT2D eigenvalue weighted by atomic mass is 19.3. The molecule has 3 N–H and O–H groups in total. The first-order valence-corrected chi connectivity index (χ1v) is 6.34. The van der Waals surface area contributed by atoms with Crippen LogP contribution in [0.1, 0.15) is 43.9 Å². The third-order valence-electron chi connectivity index (χ3n) is 3.87. The largest absolute Gasteiger partial charge is 0.383 e. The topological polar surface area (TPSA) is 46.2 Å². The Morgan fingerprint density at radius 2 is 1.95 bits per heavy atom. The van der Waals surface area contributed by atoms with E-state index in [2.05, 4.69) is 0 Å². The second kappa shape index (κ2) is 4.49. The van der Waals surface area contributed by atoms with Gasteiger partial charge in [-0.15, -0.1) is 0 Å². The van der Waals surface area contributed by atoms with Crippen molar-refractivity contribution in [3.05, 3.63) is 35.1 Å². The summed E-state index contributed by atoms with van der Waals surface area (Å²) in [7, 11) is 0. The van der Waals surface area contributed by atoms with Crippen LogP contribution in [0.15, 0.2) is 18.2 Å². The number of rotatable bonds is 4. The van der Waals surface area contributed by atoms with Gasteiger partial charge in [0, 0.05) is 11.6 Å². The monoisotopic (exact) mass is 273 g/mol. The van der Waals surface area contributed by atoms with Crippen molar-refractivity contribution in [1.29, 1.82) is 0 Å². The van der Waals surface area contributed by atoms with E-state index in [1.807, 2.05) is 0 Å². The minimum Gasteiger partial charge on any atom is -0.383 e. The summed E-state index contributed by atoms with van der Waals surface area (Å²) in [6, 6.07) is 3.05. The summed E-state index contributed by atoms with van der Waals surface area (Å²) < 4.78 is 43.0. The van der Waals surface area contributed by atoms with Crippen LogP contribution >= 0.6 is 0 Å². The molecule has 0 unspecified atom stereocenters. The van der Waals surface area contributed by atoms with E-state index >= 15 is 0 Å². The van der Waals surface area contributed by atoms with Gasteiger partial charge in [-0.05, 0) is 38.7 Å². The van der Waals surface area contributed by atoms with Gasteiger partial charge in [-0.2, -0.15) is 8.78 Å². The molecule has 0 radical (unpaired) electrons. The lowest BCUT2D eigenvalue weighted by Crippen LogP contribution is -2.45. The van der Waals surface area contributed by atoms with Crippen LogP contribution in [-0.2, 0) is 5.92 Å². The van der Waals surface area contributed by atoms with E-state index in [9.17, 15) is 18.3 Å². The molecule has 2 rings (SSSR count). The molecule has 19 heavy (non-hydrogen) atoms. The van der Waals surface area contributed by atoms with E-state index in [1.54, 1.807) is 0 Å². The van der Waals surface area contributed by atoms with Crippen molar-refractivity contribution in [2.24, 2.45) is 11.7 Å². The molecule has 0 aromatic heterocycles. The molecule has 1 aliphatic rings. The molecule has 0 aliphatic heterocycles. The normalized spacial score (nSPS) is 21.0. The molecule has 0 amide bonds. The molecule has 0 spiro atoms. The summed E-state index contributed by atoms with van der Waals surface area (Å²) in [6.45, 7) is 2.60. The fraction of sp³-hybridized carbons (Fsp3) is 0.571. The van der Waals surface area contributed by atoms with Gasteiger partial charge in [-0.1, -0.05) is 12.1 Å². The minimum atomic E-state index is -3.64. The van der Waals surface area contributed by atoms with Crippen LogP contribution in [0.5, 0.6) is 0 Å². The van der Waals surface area contributed by atoms with Gasteiger partial charge in [0.2, 0.25) is 0 Å². The Morgan fingerprint density at radius 3 is 2.42 bits per heavy atom. The zero-order valence-electron chi connectivity index (χ0n) is 11.0. The highest BCUT2D eigenvalue weighted by Gasteiger charge is 2.59. The molecule has 1 aromatic carbocycles. The fourth-order valence-corrected chi connectivity index (χ4v) is 2.32. The second-order valence-corrected chi connectivity index (χ2v) is 5.49. The van der Waals surface area contributed by atoms with Crippen LogP contribution in [0.2, 0.25) is 0 Å². The van der Waals surface area contributed by atoms with Crippen LogP contribution in [-0.4, -0.2) is 10.7 Å². The third kappa shape index (κ3) is 2.25. The van der Waals surface area contributed by atoms with Crippen molar-refractivity contribution in [3.8, 4) is 0 Å². The van der Waals surface area contributed by atoms with Crippen LogP contribution in [0, 0.1) is 11.7 Å². The van der Waals surface area contributed by atoms with Crippen LogP contribution in [0.3, 0.4) is 0 Å². The lowest BCUT2D eigenvalue weighted by Gasteiger charge is -2.33.